The molecule has 0 aliphatic heterocycles. The van der Waals surface area contributed by atoms with Gasteiger partial charge in [-0.25, -0.2) is 0 Å². The van der Waals surface area contributed by atoms with Crippen LogP contribution in [-0.2, 0) is 6.42 Å². The summed E-state index contributed by atoms with van der Waals surface area (Å²) in [5.74, 6) is 0. The third kappa shape index (κ3) is 3.46. The Morgan fingerprint density at radius 1 is 1.25 bits per heavy atom. The van der Waals surface area contributed by atoms with Gasteiger partial charge < -0.3 is 12.9 Å². The summed E-state index contributed by atoms with van der Waals surface area (Å²) in [6, 6.07) is 10.7. The molecule has 0 N–H and O–H groups in total. The summed E-state index contributed by atoms with van der Waals surface area (Å²) in [4.78, 5) is 0. The van der Waals surface area contributed by atoms with E-state index >= 15 is 0 Å². The Labute approximate surface area is 90.3 Å². The Balaban J connectivity index is 2.64. The van der Waals surface area contributed by atoms with E-state index in [0.717, 1.165) is 0 Å². The van der Waals surface area contributed by atoms with Gasteiger partial charge in [0.25, 0.3) is 0 Å². The molecule has 1 rings (SSSR count). The molecule has 2 heteroatoms. The standard InChI is InChI=1S/C10H13.BrH.Mg/c1-9(2)8-10-6-4-3-5-7-10;;/h3-7H,8H2,1-2H3;1H;/q;;+1/p-1. The first-order chi connectivity index (χ1) is 5.64. The summed E-state index contributed by atoms with van der Waals surface area (Å²) in [5.41, 5.74) is 1.45. The molecular formula is C10H13BrMg. The second-order valence-corrected chi connectivity index (χ2v) is 7.82. The van der Waals surface area contributed by atoms with Crippen molar-refractivity contribution < 1.29 is 0 Å². The van der Waals surface area contributed by atoms with E-state index in [9.17, 15) is 0 Å². The summed E-state index contributed by atoms with van der Waals surface area (Å²) >= 11 is 3.58. The highest BCUT2D eigenvalue weighted by Crippen LogP contribution is 2.29. The molecule has 62 valence electrons. The minimum Gasteiger partial charge on any atom is -0.306 e. The summed E-state index contributed by atoms with van der Waals surface area (Å²) in [6.45, 7) is 4.67. The number of rotatable bonds is 3. The largest absolute Gasteiger partial charge is 0.474 e. The third-order valence-corrected chi connectivity index (χ3v) is 7.41. The van der Waals surface area contributed by atoms with Gasteiger partial charge in [0.1, 0.15) is 0 Å². The molecule has 0 unspecified atom stereocenters. The van der Waals surface area contributed by atoms with Crippen molar-refractivity contribution >= 4 is 31.1 Å². The second kappa shape index (κ2) is 4.63. The van der Waals surface area contributed by atoms with Gasteiger partial charge in [-0.3, -0.25) is 0 Å². The van der Waals surface area contributed by atoms with Crippen molar-refractivity contribution in [1.82, 2.24) is 0 Å². The molecule has 0 saturated carbocycles. The quantitative estimate of drug-likeness (QED) is 0.707. The van der Waals surface area contributed by atoms with Crippen molar-refractivity contribution in [3.05, 3.63) is 35.9 Å². The number of halogens is 1. The van der Waals surface area contributed by atoms with Gasteiger partial charge in [-0.15, -0.1) is 3.54 Å². The maximum atomic E-state index is 3.67. The lowest BCUT2D eigenvalue weighted by Crippen LogP contribution is -2.11. The van der Waals surface area contributed by atoms with E-state index in [-0.39, 0.29) is 18.2 Å². The molecule has 12 heavy (non-hydrogen) atoms. The van der Waals surface area contributed by atoms with Crippen LogP contribution in [0.2, 0.25) is 3.54 Å². The number of hydrogen-bond donors (Lipinski definition) is 0. The molecule has 0 fully saturated rings. The Morgan fingerprint density at radius 2 is 1.83 bits per heavy atom. The molecular weight excluding hydrogens is 224 g/mol. The lowest BCUT2D eigenvalue weighted by Gasteiger charge is -2.21. The van der Waals surface area contributed by atoms with Gasteiger partial charge >= 0.3 is 18.2 Å². The molecule has 0 aliphatic carbocycles. The second-order valence-electron chi connectivity index (χ2n) is 3.96. The Hall–Kier alpha value is 0.466. The molecule has 0 heterocycles. The zero-order valence-electron chi connectivity index (χ0n) is 7.68. The van der Waals surface area contributed by atoms with Crippen molar-refractivity contribution in [3.8, 4) is 0 Å². The van der Waals surface area contributed by atoms with Gasteiger partial charge in [-0.05, 0) is 12.0 Å². The molecule has 0 spiro atoms. The molecule has 1 aromatic carbocycles. The van der Waals surface area contributed by atoms with E-state index in [4.69, 9.17) is 0 Å². The Morgan fingerprint density at radius 3 is 2.33 bits per heavy atom. The van der Waals surface area contributed by atoms with E-state index in [1.165, 1.54) is 12.0 Å². The number of benzene rings is 1. The Kier molecular flexibility index (Phi) is 4.07. The van der Waals surface area contributed by atoms with Crippen molar-refractivity contribution in [1.29, 1.82) is 0 Å². The fourth-order valence-electron chi connectivity index (χ4n) is 1.20. The van der Waals surface area contributed by atoms with Crippen LogP contribution in [0, 0.1) is 0 Å². The average Bonchev–Trinajstić information content (AvgIpc) is 2.06. The van der Waals surface area contributed by atoms with E-state index in [2.05, 4.69) is 57.1 Å². The zero-order chi connectivity index (χ0) is 9.03. The minimum atomic E-state index is -0.0894. The fraction of sp³-hybridized carbons (Fsp3) is 0.400. The van der Waals surface area contributed by atoms with Crippen molar-refractivity contribution in [3.63, 3.8) is 0 Å². The summed E-state index contributed by atoms with van der Waals surface area (Å²) in [6.07, 6.45) is 1.20. The maximum Gasteiger partial charge on any atom is 0.474 e. The van der Waals surface area contributed by atoms with Gasteiger partial charge in [0.2, 0.25) is 0 Å². The molecule has 0 nitrogen and oxygen atoms in total. The van der Waals surface area contributed by atoms with E-state index < -0.39 is 0 Å². The van der Waals surface area contributed by atoms with Crippen LogP contribution >= 0.6 is 12.9 Å². The maximum absolute atomic E-state index is 3.67. The molecule has 0 saturated heterocycles. The van der Waals surface area contributed by atoms with Crippen LogP contribution in [0.3, 0.4) is 0 Å². The first-order valence-corrected chi connectivity index (χ1v) is 8.84. The van der Waals surface area contributed by atoms with Gasteiger partial charge in [0.15, 0.2) is 0 Å². The predicted octanol–water partition coefficient (Wildman–Crippen LogP) is 3.44. The van der Waals surface area contributed by atoms with Crippen LogP contribution in [0.4, 0.5) is 0 Å². The van der Waals surface area contributed by atoms with Gasteiger partial charge in [0.05, 0.1) is 0 Å². The third-order valence-electron chi connectivity index (χ3n) is 1.89. The van der Waals surface area contributed by atoms with Crippen LogP contribution in [0.25, 0.3) is 0 Å². The van der Waals surface area contributed by atoms with E-state index in [1.54, 1.807) is 0 Å². The van der Waals surface area contributed by atoms with Gasteiger partial charge in [-0.1, -0.05) is 44.2 Å². The fourth-order valence-corrected chi connectivity index (χ4v) is 2.17. The number of hydrogen-bond acceptors (Lipinski definition) is 0. The molecule has 0 bridgehead atoms. The summed E-state index contributed by atoms with van der Waals surface area (Å²) in [5, 5.41) is 0. The van der Waals surface area contributed by atoms with Gasteiger partial charge in [-0.2, -0.15) is 0 Å². The van der Waals surface area contributed by atoms with E-state index in [0.29, 0.717) is 3.54 Å². The first-order valence-electron chi connectivity index (χ1n) is 4.24. The summed E-state index contributed by atoms with van der Waals surface area (Å²) < 4.78 is 0.501. The topological polar surface area (TPSA) is 0 Å². The Bertz CT molecular complexity index is 231. The van der Waals surface area contributed by atoms with Crippen LogP contribution in [0.5, 0.6) is 0 Å². The SMILES string of the molecule is C[C](C)(Cc1ccccc1)[Mg][Br]. The molecule has 0 radical (unpaired) electrons. The lowest BCUT2D eigenvalue weighted by molar-refractivity contribution is 0.674. The molecule has 0 atom stereocenters. The predicted molar refractivity (Wildman–Crippen MR) is 58.9 cm³/mol. The molecule has 0 aliphatic rings. The highest BCUT2D eigenvalue weighted by molar-refractivity contribution is 9.23. The van der Waals surface area contributed by atoms with Crippen molar-refractivity contribution in [2.75, 3.05) is 0 Å². The van der Waals surface area contributed by atoms with Crippen LogP contribution in [0.1, 0.15) is 19.4 Å². The van der Waals surface area contributed by atoms with Crippen LogP contribution in [0.15, 0.2) is 30.3 Å². The molecule has 1 aromatic rings. The smallest absolute Gasteiger partial charge is 0.306 e. The van der Waals surface area contributed by atoms with Crippen LogP contribution in [-0.4, -0.2) is 18.2 Å². The minimum absolute atomic E-state index is 0.0894. The monoisotopic (exact) mass is 236 g/mol. The highest BCUT2D eigenvalue weighted by atomic mass is 79.9. The van der Waals surface area contributed by atoms with E-state index in [1.807, 2.05) is 0 Å². The molecule has 0 amide bonds. The normalized spacial score (nSPS) is 10.9. The lowest BCUT2D eigenvalue weighted by atomic mass is 10.0. The van der Waals surface area contributed by atoms with Crippen molar-refractivity contribution in [2.45, 2.75) is 23.8 Å². The summed E-state index contributed by atoms with van der Waals surface area (Å²) in [7, 11) is 0. The van der Waals surface area contributed by atoms with Gasteiger partial charge in [0, 0.05) is 0 Å². The first kappa shape index (κ1) is 10.5. The van der Waals surface area contributed by atoms with Crippen LogP contribution < -0.4 is 0 Å². The highest BCUT2D eigenvalue weighted by Gasteiger charge is 2.19. The zero-order valence-corrected chi connectivity index (χ0v) is 10.7. The average molecular weight is 237 g/mol. The van der Waals surface area contributed by atoms with Crippen molar-refractivity contribution in [2.24, 2.45) is 0 Å². The molecule has 0 aromatic heterocycles.